The molecule has 13 nitrogen and oxygen atoms in total. The Balaban J connectivity index is 2.01. The van der Waals surface area contributed by atoms with Crippen LogP contribution in [0.4, 0.5) is 11.4 Å². The van der Waals surface area contributed by atoms with E-state index >= 15 is 0 Å². The number of phenols is 1. The number of fused-ring (bicyclic) bond motifs is 1. The van der Waals surface area contributed by atoms with Gasteiger partial charge in [-0.1, -0.05) is 11.6 Å². The van der Waals surface area contributed by atoms with Crippen molar-refractivity contribution in [3.05, 3.63) is 49.3 Å². The van der Waals surface area contributed by atoms with Gasteiger partial charge >= 0.3 is 11.9 Å². The predicted octanol–water partition coefficient (Wildman–Crippen LogP) is 4.49. The molecule has 1 unspecified atom stereocenters. The molecule has 1 aliphatic carbocycles. The maximum Gasteiger partial charge on any atom is 0.305 e. The highest BCUT2D eigenvalue weighted by Gasteiger charge is 2.37. The Kier molecular flexibility index (Phi) is 7.86. The van der Waals surface area contributed by atoms with E-state index in [9.17, 15) is 39.3 Å². The maximum atomic E-state index is 14.6. The van der Waals surface area contributed by atoms with Gasteiger partial charge in [0.15, 0.2) is 5.75 Å². The number of ether oxygens (including phenoxy) is 3. The average molecular weight is 657 g/mol. The summed E-state index contributed by atoms with van der Waals surface area (Å²) in [6.45, 7) is 2.93. The van der Waals surface area contributed by atoms with E-state index in [1.807, 2.05) is 0 Å². The molecule has 48 heavy (non-hydrogen) atoms. The van der Waals surface area contributed by atoms with Gasteiger partial charge in [-0.05, 0) is 19.2 Å². The summed E-state index contributed by atoms with van der Waals surface area (Å²) in [5.74, 6) is -3.56. The van der Waals surface area contributed by atoms with Crippen molar-refractivity contribution in [2.24, 2.45) is 0 Å². The zero-order chi connectivity index (χ0) is 34.8. The Labute approximate surface area is 272 Å². The summed E-state index contributed by atoms with van der Waals surface area (Å²) < 4.78 is 17.4. The highest BCUT2D eigenvalue weighted by Crippen LogP contribution is 2.55. The van der Waals surface area contributed by atoms with Crippen LogP contribution in [0.5, 0.6) is 23.0 Å². The number of allylic oxidation sites excluding steroid dienone is 1. The van der Waals surface area contributed by atoms with E-state index in [0.29, 0.717) is 38.1 Å². The summed E-state index contributed by atoms with van der Waals surface area (Å²) in [4.78, 5) is 65.3. The number of aliphatic carboxylic acids is 2. The first kappa shape index (κ1) is 32.1. The van der Waals surface area contributed by atoms with Crippen molar-refractivity contribution >= 4 is 78.3 Å². The number of hydrogen-bond acceptors (Lipinski definition) is 11. The number of aromatic hydroxyl groups is 1. The molecule has 0 radical (unpaired) electrons. The molecule has 248 valence electrons. The van der Waals surface area contributed by atoms with Crippen LogP contribution in [-0.4, -0.2) is 67.5 Å². The van der Waals surface area contributed by atoms with E-state index in [0.717, 1.165) is 0 Å². The van der Waals surface area contributed by atoms with Crippen molar-refractivity contribution in [1.82, 2.24) is 0 Å². The van der Waals surface area contributed by atoms with Crippen molar-refractivity contribution < 1.29 is 43.9 Å². The molecule has 6 rings (SSSR count). The lowest BCUT2D eigenvalue weighted by molar-refractivity contribution is -0.137. The zero-order valence-corrected chi connectivity index (χ0v) is 26.7. The molecule has 0 aromatic heterocycles. The minimum atomic E-state index is -1.09. The normalized spacial score (nSPS) is 14.0. The number of carboxylic acids is 2. The number of benzene rings is 5. The first-order chi connectivity index (χ1) is 22.9. The molecule has 0 spiro atoms. The van der Waals surface area contributed by atoms with Crippen LogP contribution < -0.4 is 35.7 Å². The summed E-state index contributed by atoms with van der Waals surface area (Å²) >= 11 is 0. The minimum Gasteiger partial charge on any atom is -0.507 e. The second-order valence-corrected chi connectivity index (χ2v) is 11.7. The number of Topliss-reactive ketones (excluding diaryl/α,β-unsaturated/α-hetero) is 1. The van der Waals surface area contributed by atoms with Crippen LogP contribution in [0.25, 0.3) is 49.2 Å². The minimum absolute atomic E-state index is 0.00383. The lowest BCUT2D eigenvalue weighted by Gasteiger charge is -2.25. The molecule has 0 amide bonds. The van der Waals surface area contributed by atoms with Gasteiger partial charge in [-0.25, -0.2) is 0 Å². The Morgan fingerprint density at radius 1 is 0.750 bits per heavy atom. The van der Waals surface area contributed by atoms with Crippen molar-refractivity contribution in [1.29, 1.82) is 0 Å². The second kappa shape index (κ2) is 11.7. The van der Waals surface area contributed by atoms with Gasteiger partial charge in [0.1, 0.15) is 23.0 Å². The van der Waals surface area contributed by atoms with Gasteiger partial charge in [-0.2, -0.15) is 0 Å². The third-order valence-electron chi connectivity index (χ3n) is 8.96. The third-order valence-corrected chi connectivity index (χ3v) is 8.96. The fraction of sp³-hybridized carbons (Fsp3) is 0.286. The molecular formula is C35H32N2O11. The van der Waals surface area contributed by atoms with Gasteiger partial charge in [0.2, 0.25) is 10.9 Å². The Morgan fingerprint density at radius 2 is 1.33 bits per heavy atom. The van der Waals surface area contributed by atoms with Crippen molar-refractivity contribution in [3.8, 4) is 23.0 Å². The van der Waals surface area contributed by atoms with Crippen LogP contribution in [0.1, 0.15) is 43.7 Å². The molecule has 5 aromatic rings. The number of rotatable bonds is 12. The molecule has 13 heteroatoms. The van der Waals surface area contributed by atoms with E-state index in [1.54, 1.807) is 19.1 Å². The van der Waals surface area contributed by atoms with Gasteiger partial charge < -0.3 is 40.2 Å². The predicted molar refractivity (Wildman–Crippen MR) is 181 cm³/mol. The molecule has 1 atom stereocenters. The van der Waals surface area contributed by atoms with Crippen LogP contribution >= 0.6 is 0 Å². The van der Waals surface area contributed by atoms with Crippen LogP contribution in [0.2, 0.25) is 0 Å². The summed E-state index contributed by atoms with van der Waals surface area (Å²) in [7, 11) is 4.13. The largest absolute Gasteiger partial charge is 0.507 e. The lowest BCUT2D eigenvalue weighted by Crippen LogP contribution is -2.19. The van der Waals surface area contributed by atoms with Crippen LogP contribution in [-0.2, 0) is 14.4 Å². The molecule has 0 saturated carbocycles. The Hall–Kier alpha value is -5.85. The standard InChI is InChI=1S/C35H32N2O11/c1-13-10-15-23-28-25(33(44)32(15)37-9-7-21(42)43)17(39)12-19(47-4)27(28)26-18(46-3)11-16(36-8-6-20(40)41)24-30(26)29(23)31(22(13)14(2)38)35(48-5)34(24)45/h10-12,22,36-37,39H,6-9H2,1-5H3,(H,40,41)(H,42,43). The van der Waals surface area contributed by atoms with Gasteiger partial charge in [0.05, 0.1) is 56.5 Å². The quantitative estimate of drug-likeness (QED) is 0.0931. The van der Waals surface area contributed by atoms with Crippen molar-refractivity contribution in [3.63, 3.8) is 0 Å². The summed E-state index contributed by atoms with van der Waals surface area (Å²) in [5.41, 5.74) is 0.151. The highest BCUT2D eigenvalue weighted by molar-refractivity contribution is 6.40. The SMILES string of the molecule is COc1c2c3c4c(c(NCCC(=O)O)c(=O)c5c(O)cc(OC)c(c6c(OC)cc(NCCC(=O)O)c(c1=O)c63)c54)C=C(C)C2C(C)=O. The zero-order valence-electron chi connectivity index (χ0n) is 26.7. The van der Waals surface area contributed by atoms with E-state index in [-0.39, 0.29) is 82.1 Å². The second-order valence-electron chi connectivity index (χ2n) is 11.7. The summed E-state index contributed by atoms with van der Waals surface area (Å²) in [5, 5.41) is 38.2. The summed E-state index contributed by atoms with van der Waals surface area (Å²) in [6, 6.07) is 2.85. The van der Waals surface area contributed by atoms with Gasteiger partial charge in [0.25, 0.3) is 0 Å². The lowest BCUT2D eigenvalue weighted by atomic mass is 9.80. The number of anilines is 2. The number of nitrogens with one attached hydrogen (secondary N) is 2. The van der Waals surface area contributed by atoms with E-state index in [4.69, 9.17) is 14.2 Å². The molecule has 5 N–H and O–H groups in total. The van der Waals surface area contributed by atoms with Crippen molar-refractivity contribution in [2.75, 3.05) is 45.1 Å². The van der Waals surface area contributed by atoms with Crippen LogP contribution in [0.15, 0.2) is 27.3 Å². The highest BCUT2D eigenvalue weighted by atomic mass is 16.5. The molecule has 0 fully saturated rings. The molecule has 0 bridgehead atoms. The molecule has 1 aliphatic rings. The molecule has 0 saturated heterocycles. The fourth-order valence-corrected chi connectivity index (χ4v) is 7.20. The molecular weight excluding hydrogens is 624 g/mol. The fourth-order valence-electron chi connectivity index (χ4n) is 7.20. The van der Waals surface area contributed by atoms with Gasteiger partial charge in [-0.3, -0.25) is 24.0 Å². The first-order valence-corrected chi connectivity index (χ1v) is 15.0. The third kappa shape index (κ3) is 4.56. The topological polar surface area (TPSA) is 198 Å². The van der Waals surface area contributed by atoms with Gasteiger partial charge in [0, 0.05) is 69.0 Å². The average Bonchev–Trinajstić information content (AvgIpc) is 3.16. The number of carbonyl (C=O) groups is 3. The number of phenolic OH excluding ortho intramolecular Hbond substituents is 1. The number of hydrogen-bond donors (Lipinski definition) is 5. The number of carboxylic acid groups (broad SMARTS) is 2. The van der Waals surface area contributed by atoms with E-state index < -0.39 is 34.5 Å². The summed E-state index contributed by atoms with van der Waals surface area (Å²) in [6.07, 6.45) is 1.09. The number of methoxy groups -OCH3 is 3. The Morgan fingerprint density at radius 3 is 1.90 bits per heavy atom. The molecule has 0 heterocycles. The monoisotopic (exact) mass is 656 g/mol. The van der Waals surface area contributed by atoms with E-state index in [2.05, 4.69) is 10.6 Å². The van der Waals surface area contributed by atoms with Gasteiger partial charge in [-0.15, -0.1) is 0 Å². The number of ketones is 1. The number of carbonyl (C=O) groups excluding carboxylic acids is 1. The smallest absolute Gasteiger partial charge is 0.305 e. The van der Waals surface area contributed by atoms with E-state index in [1.165, 1.54) is 34.3 Å². The van der Waals surface area contributed by atoms with Crippen LogP contribution in [0, 0.1) is 0 Å². The first-order valence-electron chi connectivity index (χ1n) is 15.0. The maximum absolute atomic E-state index is 14.6. The molecule has 0 aliphatic heterocycles. The van der Waals surface area contributed by atoms with Crippen LogP contribution in [0.3, 0.4) is 0 Å². The van der Waals surface area contributed by atoms with Crippen molar-refractivity contribution in [2.45, 2.75) is 32.6 Å². The molecule has 5 aromatic carbocycles. The Bertz CT molecular complexity index is 2360.